The van der Waals surface area contributed by atoms with E-state index in [2.05, 4.69) is 10.3 Å². The van der Waals surface area contributed by atoms with Crippen LogP contribution in [0.2, 0.25) is 0 Å². The lowest BCUT2D eigenvalue weighted by molar-refractivity contribution is -0.122. The van der Waals surface area contributed by atoms with E-state index in [0.29, 0.717) is 12.3 Å². The van der Waals surface area contributed by atoms with Gasteiger partial charge >= 0.3 is 0 Å². The third-order valence-corrected chi connectivity index (χ3v) is 3.86. The Morgan fingerprint density at radius 3 is 2.84 bits per heavy atom. The van der Waals surface area contributed by atoms with Crippen molar-refractivity contribution in [2.45, 2.75) is 51.1 Å². The Hall–Kier alpha value is -1.42. The summed E-state index contributed by atoms with van der Waals surface area (Å²) in [6, 6.07) is 4.32. The molecule has 2 rings (SSSR count). The molecule has 0 radical (unpaired) electrons. The molecular weight excluding hydrogens is 238 g/mol. The molecule has 1 saturated carbocycles. The van der Waals surface area contributed by atoms with Crippen LogP contribution in [0, 0.1) is 5.92 Å². The molecule has 1 aliphatic carbocycles. The van der Waals surface area contributed by atoms with Gasteiger partial charge in [-0.1, -0.05) is 6.42 Å². The fourth-order valence-electron chi connectivity index (χ4n) is 2.81. The summed E-state index contributed by atoms with van der Waals surface area (Å²) in [7, 11) is 0. The van der Waals surface area contributed by atoms with Gasteiger partial charge in [0.25, 0.3) is 0 Å². The molecule has 1 heterocycles. The van der Waals surface area contributed by atoms with Crippen LogP contribution in [0.1, 0.15) is 38.2 Å². The molecule has 1 amide bonds. The van der Waals surface area contributed by atoms with Crippen LogP contribution in [0.25, 0.3) is 0 Å². The normalized spacial score (nSPS) is 24.1. The van der Waals surface area contributed by atoms with Crippen LogP contribution >= 0.6 is 0 Å². The SMILES string of the molecule is CC(Cc1ccncc1)NC(=O)C[C@@H]1CCC[C@H]1N. The van der Waals surface area contributed by atoms with E-state index in [1.807, 2.05) is 19.1 Å². The van der Waals surface area contributed by atoms with Crippen LogP contribution in [-0.2, 0) is 11.2 Å². The molecule has 0 aliphatic heterocycles. The number of aromatic nitrogens is 1. The van der Waals surface area contributed by atoms with Gasteiger partial charge in [0.15, 0.2) is 0 Å². The highest BCUT2D eigenvalue weighted by molar-refractivity contribution is 5.76. The molecule has 19 heavy (non-hydrogen) atoms. The van der Waals surface area contributed by atoms with Gasteiger partial charge < -0.3 is 11.1 Å². The molecule has 1 aromatic heterocycles. The van der Waals surface area contributed by atoms with Crippen molar-refractivity contribution in [3.63, 3.8) is 0 Å². The summed E-state index contributed by atoms with van der Waals surface area (Å²) in [5.74, 6) is 0.497. The zero-order valence-corrected chi connectivity index (χ0v) is 11.5. The smallest absolute Gasteiger partial charge is 0.220 e. The molecule has 0 saturated heterocycles. The fraction of sp³-hybridized carbons (Fsp3) is 0.600. The van der Waals surface area contributed by atoms with Crippen molar-refractivity contribution in [3.8, 4) is 0 Å². The van der Waals surface area contributed by atoms with E-state index in [1.54, 1.807) is 12.4 Å². The van der Waals surface area contributed by atoms with Crippen molar-refractivity contribution >= 4 is 5.91 Å². The highest BCUT2D eigenvalue weighted by Crippen LogP contribution is 2.26. The molecule has 0 spiro atoms. The van der Waals surface area contributed by atoms with Gasteiger partial charge in [0.05, 0.1) is 0 Å². The lowest BCUT2D eigenvalue weighted by atomic mass is 9.99. The van der Waals surface area contributed by atoms with Crippen LogP contribution in [0.4, 0.5) is 0 Å². The molecule has 1 unspecified atom stereocenters. The minimum absolute atomic E-state index is 0.129. The number of hydrogen-bond donors (Lipinski definition) is 2. The van der Waals surface area contributed by atoms with Crippen molar-refractivity contribution < 1.29 is 4.79 Å². The van der Waals surface area contributed by atoms with Gasteiger partial charge in [0.2, 0.25) is 5.91 Å². The third kappa shape index (κ3) is 4.31. The Labute approximate surface area is 114 Å². The Kier molecular flexibility index (Phi) is 4.91. The molecule has 1 aromatic rings. The average Bonchev–Trinajstić information content (AvgIpc) is 2.76. The summed E-state index contributed by atoms with van der Waals surface area (Å²) < 4.78 is 0. The number of rotatable bonds is 5. The highest BCUT2D eigenvalue weighted by Gasteiger charge is 2.26. The first-order valence-corrected chi connectivity index (χ1v) is 7.09. The number of hydrogen-bond acceptors (Lipinski definition) is 3. The third-order valence-electron chi connectivity index (χ3n) is 3.86. The van der Waals surface area contributed by atoms with E-state index in [4.69, 9.17) is 5.73 Å². The molecule has 0 bridgehead atoms. The van der Waals surface area contributed by atoms with Crippen molar-refractivity contribution in [2.24, 2.45) is 11.7 Å². The molecule has 4 heteroatoms. The van der Waals surface area contributed by atoms with Crippen LogP contribution < -0.4 is 11.1 Å². The zero-order valence-electron chi connectivity index (χ0n) is 11.5. The maximum atomic E-state index is 12.0. The van der Waals surface area contributed by atoms with E-state index in [1.165, 1.54) is 5.56 Å². The molecule has 4 nitrogen and oxygen atoms in total. The minimum Gasteiger partial charge on any atom is -0.353 e. The second kappa shape index (κ2) is 6.66. The fourth-order valence-corrected chi connectivity index (χ4v) is 2.81. The quantitative estimate of drug-likeness (QED) is 0.846. The molecule has 0 aromatic carbocycles. The molecule has 3 N–H and O–H groups in total. The number of amides is 1. The van der Waals surface area contributed by atoms with Gasteiger partial charge in [-0.15, -0.1) is 0 Å². The van der Waals surface area contributed by atoms with Gasteiger partial charge in [-0.25, -0.2) is 0 Å². The van der Waals surface area contributed by atoms with Gasteiger partial charge in [-0.2, -0.15) is 0 Å². The lowest BCUT2D eigenvalue weighted by Crippen LogP contribution is -2.37. The van der Waals surface area contributed by atoms with Crippen LogP contribution in [0.3, 0.4) is 0 Å². The summed E-state index contributed by atoms with van der Waals surface area (Å²) in [5, 5.41) is 3.06. The van der Waals surface area contributed by atoms with Crippen LogP contribution in [-0.4, -0.2) is 23.0 Å². The van der Waals surface area contributed by atoms with Crippen molar-refractivity contribution in [1.29, 1.82) is 0 Å². The Morgan fingerprint density at radius 1 is 1.47 bits per heavy atom. The Bertz CT molecular complexity index is 407. The molecule has 1 aliphatic rings. The van der Waals surface area contributed by atoms with Crippen molar-refractivity contribution in [2.75, 3.05) is 0 Å². The monoisotopic (exact) mass is 261 g/mol. The van der Waals surface area contributed by atoms with Gasteiger partial charge in [0, 0.05) is 30.9 Å². The van der Waals surface area contributed by atoms with E-state index < -0.39 is 0 Å². The topological polar surface area (TPSA) is 68.0 Å². The summed E-state index contributed by atoms with van der Waals surface area (Å²) in [5.41, 5.74) is 7.19. The first kappa shape index (κ1) is 14.0. The number of carbonyl (C=O) groups excluding carboxylic acids is 1. The predicted octanol–water partition coefficient (Wildman–Crippen LogP) is 1.65. The summed E-state index contributed by atoms with van der Waals surface area (Å²) >= 11 is 0. The average molecular weight is 261 g/mol. The minimum atomic E-state index is 0.129. The van der Waals surface area contributed by atoms with Gasteiger partial charge in [-0.05, 0) is 49.8 Å². The molecule has 1 fully saturated rings. The maximum absolute atomic E-state index is 12.0. The Morgan fingerprint density at radius 2 is 2.21 bits per heavy atom. The van der Waals surface area contributed by atoms with E-state index in [0.717, 1.165) is 25.7 Å². The zero-order chi connectivity index (χ0) is 13.7. The number of nitrogens with zero attached hydrogens (tertiary/aromatic N) is 1. The first-order chi connectivity index (χ1) is 9.15. The maximum Gasteiger partial charge on any atom is 0.220 e. The van der Waals surface area contributed by atoms with Crippen LogP contribution in [0.5, 0.6) is 0 Å². The number of carbonyl (C=O) groups is 1. The second-order valence-electron chi connectivity index (χ2n) is 5.59. The van der Waals surface area contributed by atoms with Crippen molar-refractivity contribution in [3.05, 3.63) is 30.1 Å². The predicted molar refractivity (Wildman–Crippen MR) is 75.5 cm³/mol. The summed E-state index contributed by atoms with van der Waals surface area (Å²) in [4.78, 5) is 16.0. The second-order valence-corrected chi connectivity index (χ2v) is 5.59. The largest absolute Gasteiger partial charge is 0.353 e. The number of pyridine rings is 1. The van der Waals surface area contributed by atoms with Gasteiger partial charge in [-0.3, -0.25) is 9.78 Å². The van der Waals surface area contributed by atoms with Gasteiger partial charge in [0.1, 0.15) is 0 Å². The highest BCUT2D eigenvalue weighted by atomic mass is 16.1. The standard InChI is InChI=1S/C15H23N3O/c1-11(9-12-5-7-17-8-6-12)18-15(19)10-13-3-2-4-14(13)16/h5-8,11,13-14H,2-4,9-10,16H2,1H3,(H,18,19)/t11?,13-,14+/m0/s1. The summed E-state index contributed by atoms with van der Waals surface area (Å²) in [6.07, 6.45) is 8.28. The number of nitrogens with one attached hydrogen (secondary N) is 1. The number of nitrogens with two attached hydrogens (primary N) is 1. The van der Waals surface area contributed by atoms with Crippen molar-refractivity contribution in [1.82, 2.24) is 10.3 Å². The lowest BCUT2D eigenvalue weighted by Gasteiger charge is -2.18. The van der Waals surface area contributed by atoms with Crippen LogP contribution in [0.15, 0.2) is 24.5 Å². The first-order valence-electron chi connectivity index (χ1n) is 7.09. The van der Waals surface area contributed by atoms with E-state index in [9.17, 15) is 4.79 Å². The molecule has 3 atom stereocenters. The molecular formula is C15H23N3O. The van der Waals surface area contributed by atoms with E-state index in [-0.39, 0.29) is 18.0 Å². The Balaban J connectivity index is 1.75. The molecule has 104 valence electrons. The van der Waals surface area contributed by atoms with E-state index >= 15 is 0 Å². The summed E-state index contributed by atoms with van der Waals surface area (Å²) in [6.45, 7) is 2.03.